The topological polar surface area (TPSA) is 37.4 Å². The first-order valence-electron chi connectivity index (χ1n) is 7.20. The molecule has 1 aromatic carbocycles. The number of sulfonamides is 1. The zero-order chi connectivity index (χ0) is 14.7. The lowest BCUT2D eigenvalue weighted by atomic mass is 9.97. The van der Waals surface area contributed by atoms with Crippen LogP contribution in [0.5, 0.6) is 0 Å². The van der Waals surface area contributed by atoms with Gasteiger partial charge in [0.15, 0.2) is 0 Å². The third kappa shape index (κ3) is 3.54. The van der Waals surface area contributed by atoms with Crippen molar-refractivity contribution in [2.75, 3.05) is 13.1 Å². The van der Waals surface area contributed by atoms with Gasteiger partial charge in [0.2, 0.25) is 10.0 Å². The third-order valence-electron chi connectivity index (χ3n) is 3.98. The van der Waals surface area contributed by atoms with Crippen LogP contribution in [0.2, 0.25) is 0 Å². The van der Waals surface area contributed by atoms with Gasteiger partial charge in [-0.15, -0.1) is 11.3 Å². The highest BCUT2D eigenvalue weighted by atomic mass is 32.2. The molecule has 0 aliphatic carbocycles. The predicted molar refractivity (Wildman–Crippen MR) is 86.9 cm³/mol. The van der Waals surface area contributed by atoms with Crippen LogP contribution in [-0.2, 0) is 15.8 Å². The molecule has 1 saturated heterocycles. The summed E-state index contributed by atoms with van der Waals surface area (Å²) in [5, 5.41) is 2.09. The van der Waals surface area contributed by atoms with Crippen LogP contribution in [0.1, 0.15) is 29.2 Å². The fourth-order valence-electron chi connectivity index (χ4n) is 2.82. The van der Waals surface area contributed by atoms with Crippen LogP contribution in [0.3, 0.4) is 0 Å². The van der Waals surface area contributed by atoms with Gasteiger partial charge < -0.3 is 0 Å². The van der Waals surface area contributed by atoms with Gasteiger partial charge in [0, 0.05) is 18.0 Å². The molecule has 0 radical (unpaired) electrons. The fourth-order valence-corrected chi connectivity index (χ4v) is 5.28. The van der Waals surface area contributed by atoms with Crippen molar-refractivity contribution in [3.8, 4) is 0 Å². The number of hydrogen-bond acceptors (Lipinski definition) is 3. The Kier molecular flexibility index (Phi) is 4.42. The second-order valence-corrected chi connectivity index (χ2v) is 8.38. The number of thiophene rings is 1. The highest BCUT2D eigenvalue weighted by molar-refractivity contribution is 7.88. The molecule has 0 amide bonds. The molecule has 5 heteroatoms. The summed E-state index contributed by atoms with van der Waals surface area (Å²) in [6.45, 7) is 1.27. The van der Waals surface area contributed by atoms with E-state index < -0.39 is 10.0 Å². The normalized spacial score (nSPS) is 17.9. The quantitative estimate of drug-likeness (QED) is 0.865. The number of hydrogen-bond donors (Lipinski definition) is 0. The molecule has 0 atom stereocenters. The zero-order valence-electron chi connectivity index (χ0n) is 11.8. The Bertz CT molecular complexity index is 658. The summed E-state index contributed by atoms with van der Waals surface area (Å²) >= 11 is 1.77. The van der Waals surface area contributed by atoms with Crippen molar-refractivity contribution in [1.82, 2.24) is 4.31 Å². The second kappa shape index (κ2) is 6.30. The average Bonchev–Trinajstić information content (AvgIpc) is 3.02. The van der Waals surface area contributed by atoms with Gasteiger partial charge in [0.25, 0.3) is 0 Å². The summed E-state index contributed by atoms with van der Waals surface area (Å²) in [4.78, 5) is 1.38. The predicted octanol–water partition coefficient (Wildman–Crippen LogP) is 3.46. The largest absolute Gasteiger partial charge is 0.218 e. The maximum atomic E-state index is 12.5. The molecule has 1 aliphatic rings. The standard InChI is InChI=1S/C16H19NO2S2/c18-21(19,13-14-5-2-1-3-6-14)17-10-8-15(9-11-17)16-7-4-12-20-16/h1-7,12,15H,8-11,13H2. The van der Waals surface area contributed by atoms with Crippen molar-refractivity contribution in [1.29, 1.82) is 0 Å². The van der Waals surface area contributed by atoms with E-state index in [1.54, 1.807) is 15.6 Å². The van der Waals surface area contributed by atoms with Crippen molar-refractivity contribution in [2.24, 2.45) is 0 Å². The Labute approximate surface area is 130 Å². The van der Waals surface area contributed by atoms with E-state index in [1.165, 1.54) is 4.88 Å². The van der Waals surface area contributed by atoms with Crippen LogP contribution in [-0.4, -0.2) is 25.8 Å². The molecule has 3 nitrogen and oxygen atoms in total. The average molecular weight is 321 g/mol. The molecule has 0 spiro atoms. The zero-order valence-corrected chi connectivity index (χ0v) is 13.4. The SMILES string of the molecule is O=S(=O)(Cc1ccccc1)N1CCC(c2cccs2)CC1. The lowest BCUT2D eigenvalue weighted by Gasteiger charge is -2.30. The first kappa shape index (κ1) is 14.8. The maximum absolute atomic E-state index is 12.5. The molecule has 0 N–H and O–H groups in total. The van der Waals surface area contributed by atoms with E-state index >= 15 is 0 Å². The molecule has 2 heterocycles. The van der Waals surface area contributed by atoms with E-state index in [2.05, 4.69) is 17.5 Å². The van der Waals surface area contributed by atoms with Gasteiger partial charge in [-0.1, -0.05) is 36.4 Å². The van der Waals surface area contributed by atoms with E-state index in [0.717, 1.165) is 18.4 Å². The smallest absolute Gasteiger partial charge is 0.212 e. The summed E-state index contributed by atoms with van der Waals surface area (Å²) in [7, 11) is -3.19. The summed E-state index contributed by atoms with van der Waals surface area (Å²) in [6, 6.07) is 13.6. The molecule has 2 aromatic rings. The number of benzene rings is 1. The maximum Gasteiger partial charge on any atom is 0.218 e. The number of nitrogens with zero attached hydrogens (tertiary/aromatic N) is 1. The fraction of sp³-hybridized carbons (Fsp3) is 0.375. The lowest BCUT2D eigenvalue weighted by molar-refractivity contribution is 0.321. The molecule has 112 valence electrons. The van der Waals surface area contributed by atoms with Crippen molar-refractivity contribution >= 4 is 21.4 Å². The Hall–Kier alpha value is -1.17. The van der Waals surface area contributed by atoms with Crippen LogP contribution in [0.25, 0.3) is 0 Å². The van der Waals surface area contributed by atoms with Crippen molar-refractivity contribution in [3.05, 3.63) is 58.3 Å². The van der Waals surface area contributed by atoms with Gasteiger partial charge in [0.1, 0.15) is 0 Å². The van der Waals surface area contributed by atoms with Crippen LogP contribution in [0.15, 0.2) is 47.8 Å². The Balaban J connectivity index is 1.63. The summed E-state index contributed by atoms with van der Waals surface area (Å²) < 4.78 is 26.6. The van der Waals surface area contributed by atoms with Gasteiger partial charge in [-0.25, -0.2) is 12.7 Å². The highest BCUT2D eigenvalue weighted by Gasteiger charge is 2.28. The third-order valence-corrected chi connectivity index (χ3v) is 6.87. The Morgan fingerprint density at radius 3 is 2.38 bits per heavy atom. The van der Waals surface area contributed by atoms with Crippen molar-refractivity contribution in [3.63, 3.8) is 0 Å². The molecule has 0 bridgehead atoms. The highest BCUT2D eigenvalue weighted by Crippen LogP contribution is 2.32. The van der Waals surface area contributed by atoms with Gasteiger partial charge in [0.05, 0.1) is 5.75 Å². The minimum Gasteiger partial charge on any atom is -0.212 e. The monoisotopic (exact) mass is 321 g/mol. The summed E-state index contributed by atoms with van der Waals surface area (Å²) in [6.07, 6.45) is 1.85. The first-order chi connectivity index (χ1) is 10.1. The van der Waals surface area contributed by atoms with Crippen molar-refractivity contribution < 1.29 is 8.42 Å². The summed E-state index contributed by atoms with van der Waals surface area (Å²) in [5.74, 6) is 0.630. The molecule has 1 fully saturated rings. The molecule has 21 heavy (non-hydrogen) atoms. The molecule has 1 aromatic heterocycles. The molecule has 1 aliphatic heterocycles. The van der Waals surface area contributed by atoms with Crippen LogP contribution >= 0.6 is 11.3 Å². The molecular formula is C16H19NO2S2. The minimum atomic E-state index is -3.19. The van der Waals surface area contributed by atoms with E-state index in [4.69, 9.17) is 0 Å². The first-order valence-corrected chi connectivity index (χ1v) is 9.69. The number of rotatable bonds is 4. The van der Waals surface area contributed by atoms with E-state index in [9.17, 15) is 8.42 Å². The van der Waals surface area contributed by atoms with Gasteiger partial charge in [-0.2, -0.15) is 0 Å². The van der Waals surface area contributed by atoms with Crippen LogP contribution in [0, 0.1) is 0 Å². The molecule has 3 rings (SSSR count). The molecule has 0 saturated carbocycles. The van der Waals surface area contributed by atoms with Crippen LogP contribution < -0.4 is 0 Å². The molecule has 0 unspecified atom stereocenters. The Morgan fingerprint density at radius 2 is 1.76 bits per heavy atom. The van der Waals surface area contributed by atoms with E-state index in [1.807, 2.05) is 30.3 Å². The number of piperidine rings is 1. The van der Waals surface area contributed by atoms with Crippen molar-refractivity contribution in [2.45, 2.75) is 24.5 Å². The van der Waals surface area contributed by atoms with Crippen LogP contribution in [0.4, 0.5) is 0 Å². The minimum absolute atomic E-state index is 0.109. The van der Waals surface area contributed by atoms with Gasteiger partial charge in [-0.05, 0) is 35.8 Å². The second-order valence-electron chi connectivity index (χ2n) is 5.43. The van der Waals surface area contributed by atoms with Gasteiger partial charge >= 0.3 is 0 Å². The summed E-state index contributed by atoms with van der Waals surface area (Å²) in [5.41, 5.74) is 0.859. The Morgan fingerprint density at radius 1 is 1.05 bits per heavy atom. The van der Waals surface area contributed by atoms with Gasteiger partial charge in [-0.3, -0.25) is 0 Å². The lowest BCUT2D eigenvalue weighted by Crippen LogP contribution is -2.38. The van der Waals surface area contributed by atoms with E-state index in [-0.39, 0.29) is 5.75 Å². The molecular weight excluding hydrogens is 302 g/mol. The van der Waals surface area contributed by atoms with E-state index in [0.29, 0.717) is 19.0 Å².